The first kappa shape index (κ1) is 33.5. The second-order valence-corrected chi connectivity index (χ2v) is 17.8. The summed E-state index contributed by atoms with van der Waals surface area (Å²) in [6.45, 7) is 17.4. The van der Waals surface area contributed by atoms with Gasteiger partial charge in [-0.3, -0.25) is 4.79 Å². The van der Waals surface area contributed by atoms with E-state index in [-0.39, 0.29) is 39.5 Å². The minimum absolute atomic E-state index is 0.000547. The Kier molecular flexibility index (Phi) is 8.03. The minimum Gasteiger partial charge on any atom is -0.467 e. The van der Waals surface area contributed by atoms with Crippen LogP contribution in [0.15, 0.2) is 54.5 Å². The van der Waals surface area contributed by atoms with Crippen LogP contribution in [0.5, 0.6) is 0 Å². The highest BCUT2D eigenvalue weighted by atomic mass is 16.5. The zero-order valence-corrected chi connectivity index (χ0v) is 30.6. The largest absolute Gasteiger partial charge is 0.467 e. The Bertz CT molecular complexity index is 1620. The quantitative estimate of drug-likeness (QED) is 0.261. The molecule has 0 saturated heterocycles. The lowest BCUT2D eigenvalue weighted by Crippen LogP contribution is -2.66. The zero-order valence-electron chi connectivity index (χ0n) is 30.6. The molecule has 5 aliphatic carbocycles. The van der Waals surface area contributed by atoms with E-state index in [0.29, 0.717) is 30.1 Å². The molecule has 6 heteroatoms. The third-order valence-electron chi connectivity index (χ3n) is 15.6. The molecule has 1 aromatic carbocycles. The summed E-state index contributed by atoms with van der Waals surface area (Å²) in [6, 6.07) is 9.24. The molecular weight excluding hydrogens is 594 g/mol. The van der Waals surface area contributed by atoms with E-state index in [1.807, 2.05) is 30.3 Å². The summed E-state index contributed by atoms with van der Waals surface area (Å²) in [6.07, 6.45) is 15.1. The molecule has 1 aromatic heterocycles. The normalized spacial score (nSPS) is 40.0. The fourth-order valence-corrected chi connectivity index (χ4v) is 12.8. The van der Waals surface area contributed by atoms with Gasteiger partial charge >= 0.3 is 5.97 Å². The van der Waals surface area contributed by atoms with Crippen LogP contribution < -0.4 is 5.32 Å². The molecule has 0 spiro atoms. The summed E-state index contributed by atoms with van der Waals surface area (Å²) in [7, 11) is 1.42. The fraction of sp³-hybridized carbons (Fsp3) is 0.667. The molecule has 0 radical (unpaired) electrons. The molecule has 10 atom stereocenters. The van der Waals surface area contributed by atoms with Gasteiger partial charge in [-0.25, -0.2) is 14.8 Å². The molecule has 1 heterocycles. The van der Waals surface area contributed by atoms with E-state index >= 15 is 0 Å². The average Bonchev–Trinajstić information content (AvgIpc) is 3.06. The average molecular weight is 652 g/mol. The molecule has 0 aliphatic heterocycles. The fourth-order valence-electron chi connectivity index (χ4n) is 12.8. The number of benzene rings is 1. The third kappa shape index (κ3) is 4.62. The first-order valence-electron chi connectivity index (χ1n) is 18.7. The highest BCUT2D eigenvalue weighted by Gasteiger charge is 2.69. The molecule has 1 N–H and O–H groups in total. The monoisotopic (exact) mass is 651 g/mol. The topological polar surface area (TPSA) is 81.2 Å². The number of fused-ring (bicyclic) bond motifs is 8. The van der Waals surface area contributed by atoms with Crippen molar-refractivity contribution < 1.29 is 14.3 Å². The molecule has 3 fully saturated rings. The Labute approximate surface area is 288 Å². The Hall–Kier alpha value is -3.02. The molecule has 5 aliphatic rings. The second-order valence-electron chi connectivity index (χ2n) is 17.8. The van der Waals surface area contributed by atoms with Gasteiger partial charge in [-0.05, 0) is 108 Å². The molecular formula is C42H57N3O3. The first-order chi connectivity index (χ1) is 22.7. The zero-order chi connectivity index (χ0) is 34.3. The van der Waals surface area contributed by atoms with Gasteiger partial charge < -0.3 is 10.1 Å². The van der Waals surface area contributed by atoms with Gasteiger partial charge in [-0.2, -0.15) is 0 Å². The van der Waals surface area contributed by atoms with Crippen LogP contribution >= 0.6 is 0 Å². The van der Waals surface area contributed by atoms with Crippen LogP contribution in [0.25, 0.3) is 0 Å². The van der Waals surface area contributed by atoms with E-state index in [4.69, 9.17) is 9.72 Å². The van der Waals surface area contributed by atoms with Crippen molar-refractivity contribution in [1.29, 1.82) is 0 Å². The Morgan fingerprint density at radius 3 is 2.46 bits per heavy atom. The number of nitrogens with one attached hydrogen (secondary N) is 1. The number of nitrogens with zero attached hydrogens (tertiary/aromatic N) is 2. The molecule has 258 valence electrons. The molecule has 2 aromatic rings. The van der Waals surface area contributed by atoms with Crippen LogP contribution in [0.3, 0.4) is 0 Å². The van der Waals surface area contributed by atoms with E-state index in [1.165, 1.54) is 31.2 Å². The van der Waals surface area contributed by atoms with Crippen LogP contribution in [0.1, 0.15) is 110 Å². The highest BCUT2D eigenvalue weighted by molar-refractivity contribution is 5.89. The van der Waals surface area contributed by atoms with E-state index in [9.17, 15) is 9.59 Å². The molecule has 7 rings (SSSR count). The summed E-state index contributed by atoms with van der Waals surface area (Å²) in [5.74, 6) is 1.85. The lowest BCUT2D eigenvalue weighted by molar-refractivity contribution is -0.170. The molecule has 6 nitrogen and oxygen atoms in total. The molecule has 3 saturated carbocycles. The van der Waals surface area contributed by atoms with Gasteiger partial charge in [-0.1, -0.05) is 90.4 Å². The Morgan fingerprint density at radius 2 is 1.73 bits per heavy atom. The number of esters is 1. The number of hydrogen-bond donors (Lipinski definition) is 1. The number of hydrogen-bond acceptors (Lipinski definition) is 5. The Balaban J connectivity index is 1.26. The number of amides is 1. The number of ether oxygens (including phenoxy) is 1. The number of carbonyl (C=O) groups is 2. The summed E-state index contributed by atoms with van der Waals surface area (Å²) >= 11 is 0. The first-order valence-corrected chi connectivity index (χ1v) is 18.7. The van der Waals surface area contributed by atoms with E-state index < -0.39 is 11.5 Å². The summed E-state index contributed by atoms with van der Waals surface area (Å²) in [4.78, 5) is 37.3. The third-order valence-corrected chi connectivity index (χ3v) is 15.6. The van der Waals surface area contributed by atoms with Gasteiger partial charge in [0.25, 0.3) is 0 Å². The van der Waals surface area contributed by atoms with Crippen molar-refractivity contribution in [1.82, 2.24) is 15.3 Å². The van der Waals surface area contributed by atoms with Crippen LogP contribution in [-0.2, 0) is 32.6 Å². The molecule has 0 bridgehead atoms. The SMILES string of the molecule is COC(=O)C(Cc1ccccc1)NC(=O)[C@]12CC[C@@H](C)[C@H](C)[C@H]1C1=CC[C@@H]3[C@@]4(C)Cc5cncnc5C(C)(C)[C@@H]4CC[C@@]3(C)[C@]1(C)CC2. The number of methoxy groups -OCH3 is 1. The predicted octanol–water partition coefficient (Wildman–Crippen LogP) is 8.05. The number of rotatable bonds is 5. The standard InChI is InChI=1S/C42H57N3O3/c1-26-16-19-42(37(47)45-31(36(46)48-8)22-28-12-10-9-11-13-28)21-20-40(6)30(34(42)27(26)2)14-15-33-39(5)23-29-24-43-25-44-35(29)38(3,4)32(39)17-18-41(33,40)7/h9-14,24-27,31-34H,15-23H2,1-8H3,(H,45,47)/t26-,27+,31?,32+,33-,34+,39+,40-,41-,42+/m1/s1. The lowest BCUT2D eigenvalue weighted by atomic mass is 9.33. The van der Waals surface area contributed by atoms with Crippen LogP contribution in [0.2, 0.25) is 0 Å². The van der Waals surface area contributed by atoms with Crippen molar-refractivity contribution >= 4 is 11.9 Å². The van der Waals surface area contributed by atoms with E-state index in [0.717, 1.165) is 44.1 Å². The van der Waals surface area contributed by atoms with Crippen LogP contribution in [0.4, 0.5) is 0 Å². The minimum atomic E-state index is -0.707. The van der Waals surface area contributed by atoms with Gasteiger partial charge in [0, 0.05) is 18.0 Å². The summed E-state index contributed by atoms with van der Waals surface area (Å²) < 4.78 is 5.24. The van der Waals surface area contributed by atoms with Crippen LogP contribution in [-0.4, -0.2) is 35.0 Å². The van der Waals surface area contributed by atoms with E-state index in [2.05, 4.69) is 71.0 Å². The van der Waals surface area contributed by atoms with Crippen molar-refractivity contribution in [3.8, 4) is 0 Å². The molecule has 1 unspecified atom stereocenters. The summed E-state index contributed by atoms with van der Waals surface area (Å²) in [5.41, 5.74) is 4.88. The lowest BCUT2D eigenvalue weighted by Gasteiger charge is -2.71. The summed E-state index contributed by atoms with van der Waals surface area (Å²) in [5, 5.41) is 3.29. The van der Waals surface area contributed by atoms with Gasteiger partial charge in [-0.15, -0.1) is 0 Å². The van der Waals surface area contributed by atoms with Crippen LogP contribution in [0, 0.1) is 51.2 Å². The van der Waals surface area contributed by atoms with E-state index in [1.54, 1.807) is 11.9 Å². The molecule has 48 heavy (non-hydrogen) atoms. The second kappa shape index (κ2) is 11.5. The number of carbonyl (C=O) groups excluding carboxylic acids is 2. The van der Waals surface area contributed by atoms with Gasteiger partial charge in [0.15, 0.2) is 0 Å². The van der Waals surface area contributed by atoms with Crippen molar-refractivity contribution in [3.63, 3.8) is 0 Å². The van der Waals surface area contributed by atoms with Crippen molar-refractivity contribution in [3.05, 3.63) is 71.3 Å². The maximum absolute atomic E-state index is 14.8. The predicted molar refractivity (Wildman–Crippen MR) is 189 cm³/mol. The van der Waals surface area contributed by atoms with Gasteiger partial charge in [0.2, 0.25) is 5.91 Å². The van der Waals surface area contributed by atoms with Crippen molar-refractivity contribution in [2.24, 2.45) is 51.2 Å². The smallest absolute Gasteiger partial charge is 0.328 e. The number of aromatic nitrogens is 2. The van der Waals surface area contributed by atoms with Crippen molar-refractivity contribution in [2.45, 2.75) is 118 Å². The Morgan fingerprint density at radius 1 is 0.979 bits per heavy atom. The highest BCUT2D eigenvalue weighted by Crippen LogP contribution is 2.75. The van der Waals surface area contributed by atoms with Gasteiger partial charge in [0.1, 0.15) is 12.4 Å². The number of allylic oxidation sites excluding steroid dienone is 2. The maximum Gasteiger partial charge on any atom is 0.328 e. The van der Waals surface area contributed by atoms with Crippen molar-refractivity contribution in [2.75, 3.05) is 7.11 Å². The van der Waals surface area contributed by atoms with Gasteiger partial charge in [0.05, 0.1) is 18.2 Å². The molecule has 1 amide bonds. The maximum atomic E-state index is 14.8.